The van der Waals surface area contributed by atoms with E-state index < -0.39 is 0 Å². The Kier molecular flexibility index (Phi) is 4.54. The van der Waals surface area contributed by atoms with Crippen molar-refractivity contribution in [3.05, 3.63) is 42.2 Å². The highest BCUT2D eigenvalue weighted by Crippen LogP contribution is 2.37. The zero-order valence-corrected chi connectivity index (χ0v) is 13.2. The number of aromatic nitrogens is 1. The van der Waals surface area contributed by atoms with Crippen LogP contribution in [0.3, 0.4) is 0 Å². The maximum atomic E-state index is 4.76. The third kappa shape index (κ3) is 3.11. The van der Waals surface area contributed by atoms with E-state index in [0.29, 0.717) is 6.04 Å². The zero-order valence-electron chi connectivity index (χ0n) is 13.2. The first-order valence-corrected chi connectivity index (χ1v) is 8.36. The molecule has 0 radical (unpaired) electrons. The van der Waals surface area contributed by atoms with E-state index in [1.807, 2.05) is 6.20 Å². The third-order valence-electron chi connectivity index (χ3n) is 4.96. The molecule has 2 aromatic rings. The van der Waals surface area contributed by atoms with Crippen LogP contribution in [0.5, 0.6) is 0 Å². The highest BCUT2D eigenvalue weighted by atomic mass is 14.9. The molecule has 112 valence electrons. The van der Waals surface area contributed by atoms with E-state index >= 15 is 0 Å². The highest BCUT2D eigenvalue weighted by Gasteiger charge is 2.28. The average molecular weight is 282 g/mol. The molecule has 3 rings (SSSR count). The van der Waals surface area contributed by atoms with Gasteiger partial charge in [0, 0.05) is 11.6 Å². The second-order valence-corrected chi connectivity index (χ2v) is 6.47. The highest BCUT2D eigenvalue weighted by molar-refractivity contribution is 5.84. The summed E-state index contributed by atoms with van der Waals surface area (Å²) in [6, 6.07) is 11.1. The molecule has 0 aliphatic heterocycles. The number of benzene rings is 1. The van der Waals surface area contributed by atoms with Gasteiger partial charge in [-0.1, -0.05) is 51.0 Å². The smallest absolute Gasteiger partial charge is 0.0654 e. The van der Waals surface area contributed by atoms with Gasteiger partial charge >= 0.3 is 0 Å². The Bertz CT molecular complexity index is 580. The van der Waals surface area contributed by atoms with Crippen LogP contribution in [-0.4, -0.2) is 11.5 Å². The summed E-state index contributed by atoms with van der Waals surface area (Å²) < 4.78 is 0. The Morgan fingerprint density at radius 1 is 1.14 bits per heavy atom. The summed E-state index contributed by atoms with van der Waals surface area (Å²) >= 11 is 0. The molecule has 2 nitrogen and oxygen atoms in total. The summed E-state index contributed by atoms with van der Waals surface area (Å²) in [6.45, 7) is 5.58. The topological polar surface area (TPSA) is 24.9 Å². The van der Waals surface area contributed by atoms with Crippen molar-refractivity contribution in [2.24, 2.45) is 11.8 Å². The van der Waals surface area contributed by atoms with Gasteiger partial charge in [0.1, 0.15) is 0 Å². The van der Waals surface area contributed by atoms with E-state index in [1.54, 1.807) is 0 Å². The standard InChI is InChI=1S/C19H26N2/c1-3-20-18(16-10-8-14(2)9-11-16)19-17-7-5-4-6-15(17)12-13-21-19/h4-7,12-14,16,18,20H,3,8-11H2,1-2H3. The predicted octanol–water partition coefficient (Wildman–Crippen LogP) is 4.71. The van der Waals surface area contributed by atoms with Gasteiger partial charge in [-0.3, -0.25) is 4.98 Å². The molecule has 1 saturated carbocycles. The number of nitrogens with zero attached hydrogens (tertiary/aromatic N) is 1. The van der Waals surface area contributed by atoms with Crippen LogP contribution in [0.2, 0.25) is 0 Å². The number of pyridine rings is 1. The van der Waals surface area contributed by atoms with Crippen molar-refractivity contribution in [2.45, 2.75) is 45.6 Å². The first-order valence-electron chi connectivity index (χ1n) is 8.36. The molecule has 0 saturated heterocycles. The molecule has 1 fully saturated rings. The second-order valence-electron chi connectivity index (χ2n) is 6.47. The summed E-state index contributed by atoms with van der Waals surface area (Å²) in [7, 11) is 0. The van der Waals surface area contributed by atoms with Gasteiger partial charge in [0.05, 0.1) is 11.7 Å². The lowest BCUT2D eigenvalue weighted by molar-refractivity contribution is 0.231. The normalized spacial score (nSPS) is 24.1. The van der Waals surface area contributed by atoms with Crippen molar-refractivity contribution >= 4 is 10.8 Å². The Balaban J connectivity index is 1.95. The van der Waals surface area contributed by atoms with Crippen LogP contribution in [0.1, 0.15) is 51.3 Å². The molecule has 1 unspecified atom stereocenters. The van der Waals surface area contributed by atoms with Crippen LogP contribution >= 0.6 is 0 Å². The lowest BCUT2D eigenvalue weighted by Crippen LogP contribution is -2.31. The second kappa shape index (κ2) is 6.57. The fourth-order valence-corrected chi connectivity index (χ4v) is 3.72. The predicted molar refractivity (Wildman–Crippen MR) is 89.3 cm³/mol. The quantitative estimate of drug-likeness (QED) is 0.878. The van der Waals surface area contributed by atoms with Crippen molar-refractivity contribution in [3.8, 4) is 0 Å². The van der Waals surface area contributed by atoms with E-state index in [0.717, 1.165) is 18.4 Å². The molecule has 0 spiro atoms. The first-order chi connectivity index (χ1) is 10.3. The summed E-state index contributed by atoms with van der Waals surface area (Å²) in [4.78, 5) is 4.76. The molecule has 0 bridgehead atoms. The van der Waals surface area contributed by atoms with Gasteiger partial charge in [0.2, 0.25) is 0 Å². The lowest BCUT2D eigenvalue weighted by atomic mass is 9.77. The average Bonchev–Trinajstić information content (AvgIpc) is 2.53. The van der Waals surface area contributed by atoms with Gasteiger partial charge in [0.25, 0.3) is 0 Å². The van der Waals surface area contributed by atoms with E-state index in [4.69, 9.17) is 4.98 Å². The lowest BCUT2D eigenvalue weighted by Gasteiger charge is -2.33. The van der Waals surface area contributed by atoms with Crippen LogP contribution in [0.25, 0.3) is 10.8 Å². The molecular formula is C19H26N2. The van der Waals surface area contributed by atoms with Crippen LogP contribution in [0.15, 0.2) is 36.5 Å². The fraction of sp³-hybridized carbons (Fsp3) is 0.526. The molecule has 1 N–H and O–H groups in total. The van der Waals surface area contributed by atoms with Crippen molar-refractivity contribution < 1.29 is 0 Å². The Morgan fingerprint density at radius 2 is 1.90 bits per heavy atom. The number of hydrogen-bond donors (Lipinski definition) is 1. The van der Waals surface area contributed by atoms with E-state index in [9.17, 15) is 0 Å². The van der Waals surface area contributed by atoms with Crippen LogP contribution in [0.4, 0.5) is 0 Å². The Hall–Kier alpha value is -1.41. The van der Waals surface area contributed by atoms with Crippen molar-refractivity contribution in [1.82, 2.24) is 10.3 Å². The van der Waals surface area contributed by atoms with Crippen molar-refractivity contribution in [1.29, 1.82) is 0 Å². The summed E-state index contributed by atoms with van der Waals surface area (Å²) in [5.41, 5.74) is 1.24. The van der Waals surface area contributed by atoms with Crippen LogP contribution in [-0.2, 0) is 0 Å². The largest absolute Gasteiger partial charge is 0.309 e. The van der Waals surface area contributed by atoms with Gasteiger partial charge in [-0.2, -0.15) is 0 Å². The van der Waals surface area contributed by atoms with Gasteiger partial charge in [-0.15, -0.1) is 0 Å². The number of nitrogens with one attached hydrogen (secondary N) is 1. The molecule has 21 heavy (non-hydrogen) atoms. The summed E-state index contributed by atoms with van der Waals surface area (Å²) in [6.07, 6.45) is 7.33. The minimum absolute atomic E-state index is 0.397. The summed E-state index contributed by atoms with van der Waals surface area (Å²) in [5.74, 6) is 1.61. The van der Waals surface area contributed by atoms with Gasteiger partial charge < -0.3 is 5.32 Å². The fourth-order valence-electron chi connectivity index (χ4n) is 3.72. The molecule has 0 amide bonds. The number of fused-ring (bicyclic) bond motifs is 1. The maximum absolute atomic E-state index is 4.76. The van der Waals surface area contributed by atoms with E-state index in [2.05, 4.69) is 49.5 Å². The van der Waals surface area contributed by atoms with Crippen molar-refractivity contribution in [3.63, 3.8) is 0 Å². The number of hydrogen-bond acceptors (Lipinski definition) is 2. The third-order valence-corrected chi connectivity index (χ3v) is 4.96. The molecular weight excluding hydrogens is 256 g/mol. The van der Waals surface area contributed by atoms with E-state index in [-0.39, 0.29) is 0 Å². The molecule has 1 heterocycles. The summed E-state index contributed by atoms with van der Waals surface area (Å²) in [5, 5.41) is 6.32. The minimum atomic E-state index is 0.397. The molecule has 1 aromatic carbocycles. The molecule has 1 aliphatic carbocycles. The molecule has 1 aliphatic rings. The molecule has 2 heteroatoms. The Labute approximate surface area is 128 Å². The van der Waals surface area contributed by atoms with Crippen LogP contribution in [0, 0.1) is 11.8 Å². The van der Waals surface area contributed by atoms with Crippen LogP contribution < -0.4 is 5.32 Å². The maximum Gasteiger partial charge on any atom is 0.0654 e. The van der Waals surface area contributed by atoms with Gasteiger partial charge in [-0.05, 0) is 42.7 Å². The first kappa shape index (κ1) is 14.5. The molecule has 1 aromatic heterocycles. The Morgan fingerprint density at radius 3 is 2.67 bits per heavy atom. The zero-order chi connectivity index (χ0) is 14.7. The molecule has 1 atom stereocenters. The van der Waals surface area contributed by atoms with Crippen molar-refractivity contribution in [2.75, 3.05) is 6.54 Å². The number of rotatable bonds is 4. The van der Waals surface area contributed by atoms with E-state index in [1.165, 1.54) is 42.1 Å². The van der Waals surface area contributed by atoms with Gasteiger partial charge in [-0.25, -0.2) is 0 Å². The van der Waals surface area contributed by atoms with Gasteiger partial charge in [0.15, 0.2) is 0 Å². The minimum Gasteiger partial charge on any atom is -0.309 e. The SMILES string of the molecule is CCNC(c1nccc2ccccc12)C1CCC(C)CC1. The monoisotopic (exact) mass is 282 g/mol.